The topological polar surface area (TPSA) is 237 Å². The Bertz CT molecular complexity index is 2270. The molecule has 0 aliphatic carbocycles. The Morgan fingerprint density at radius 2 is 0.530 bits per heavy atom. The van der Waals surface area contributed by atoms with Crippen LogP contribution in [0.2, 0.25) is 0 Å². The second-order valence-electron chi connectivity index (χ2n) is 26.3. The van der Waals surface area contributed by atoms with E-state index < -0.39 is 97.5 Å². The maximum atomic E-state index is 13.1. The lowest BCUT2D eigenvalue weighted by atomic mass is 10.1. The number of phosphoric ester groups is 2. The molecule has 0 rings (SSSR count). The highest BCUT2D eigenvalue weighted by Gasteiger charge is 2.30. The molecule has 19 heteroatoms. The molecule has 0 radical (unpaired) electrons. The van der Waals surface area contributed by atoms with Crippen LogP contribution in [-0.2, 0) is 65.4 Å². The summed E-state index contributed by atoms with van der Waals surface area (Å²) in [5, 5.41) is 10.6. The van der Waals surface area contributed by atoms with Crippen molar-refractivity contribution in [1.29, 1.82) is 0 Å². The number of aliphatic hydroxyl groups excluding tert-OH is 1. The van der Waals surface area contributed by atoms with Gasteiger partial charge in [-0.1, -0.05) is 266 Å². The van der Waals surface area contributed by atoms with Crippen molar-refractivity contribution in [3.8, 4) is 0 Å². The molecule has 100 heavy (non-hydrogen) atoms. The van der Waals surface area contributed by atoms with E-state index in [1.165, 1.54) is 109 Å². The average molecular weight is 1450 g/mol. The third kappa shape index (κ3) is 72.3. The SMILES string of the molecule is CCCCC/C=C\C/C=C\C/C=C\C/C=C\CCCC(=O)OC[C@H](COP(=O)(O)OC[C@H](O)COP(=O)(O)OC[C@@H](COC(=O)CCCCCCC/C=C\CCCCCC)OC(=O)CCCCCCC/C=C\C=C/CCCCCC)OC(=O)CCCCCCC/C=C\CCCCCCCC. The van der Waals surface area contributed by atoms with Crippen molar-refractivity contribution >= 4 is 39.5 Å². The molecule has 0 bridgehead atoms. The Labute approximate surface area is 607 Å². The number of carbonyl (C=O) groups is 4. The average Bonchev–Trinajstić information content (AvgIpc) is 0.945. The van der Waals surface area contributed by atoms with Crippen molar-refractivity contribution < 1.29 is 80.2 Å². The molecule has 0 saturated heterocycles. The molecule has 0 aliphatic heterocycles. The first-order valence-electron chi connectivity index (χ1n) is 39.5. The van der Waals surface area contributed by atoms with Gasteiger partial charge >= 0.3 is 39.5 Å². The van der Waals surface area contributed by atoms with E-state index in [-0.39, 0.29) is 25.7 Å². The van der Waals surface area contributed by atoms with E-state index in [0.717, 1.165) is 141 Å². The van der Waals surface area contributed by atoms with Gasteiger partial charge in [0.2, 0.25) is 0 Å². The lowest BCUT2D eigenvalue weighted by Gasteiger charge is -2.21. The fraction of sp³-hybridized carbons (Fsp3) is 0.753. The highest BCUT2D eigenvalue weighted by atomic mass is 31.2. The fourth-order valence-electron chi connectivity index (χ4n) is 10.4. The molecule has 0 heterocycles. The van der Waals surface area contributed by atoms with Gasteiger partial charge in [0.25, 0.3) is 0 Å². The molecule has 578 valence electrons. The van der Waals surface area contributed by atoms with E-state index in [1.807, 2.05) is 12.2 Å². The second kappa shape index (κ2) is 73.3. The van der Waals surface area contributed by atoms with Crippen LogP contribution in [0.4, 0.5) is 0 Å². The first-order chi connectivity index (χ1) is 48.7. The van der Waals surface area contributed by atoms with Gasteiger partial charge in [-0.15, -0.1) is 0 Å². The normalized spacial score (nSPS) is 14.4. The number of ether oxygens (including phenoxy) is 4. The molecule has 0 aliphatic rings. The highest BCUT2D eigenvalue weighted by molar-refractivity contribution is 7.47. The zero-order chi connectivity index (χ0) is 73.2. The van der Waals surface area contributed by atoms with Crippen LogP contribution in [-0.4, -0.2) is 96.7 Å². The van der Waals surface area contributed by atoms with E-state index in [9.17, 15) is 43.2 Å². The Balaban J connectivity index is 5.42. The monoisotopic (exact) mass is 1450 g/mol. The smallest absolute Gasteiger partial charge is 0.462 e. The summed E-state index contributed by atoms with van der Waals surface area (Å²) < 4.78 is 68.5. The van der Waals surface area contributed by atoms with Gasteiger partial charge in [0.15, 0.2) is 12.2 Å². The fourth-order valence-corrected chi connectivity index (χ4v) is 12.0. The van der Waals surface area contributed by atoms with Crippen LogP contribution in [0, 0.1) is 0 Å². The Morgan fingerprint density at radius 3 is 0.890 bits per heavy atom. The van der Waals surface area contributed by atoms with Crippen molar-refractivity contribution in [2.45, 2.75) is 354 Å². The zero-order valence-electron chi connectivity index (χ0n) is 63.1. The van der Waals surface area contributed by atoms with Crippen molar-refractivity contribution in [3.63, 3.8) is 0 Å². The number of esters is 4. The van der Waals surface area contributed by atoms with Crippen LogP contribution < -0.4 is 0 Å². The largest absolute Gasteiger partial charge is 0.472 e. The van der Waals surface area contributed by atoms with Crippen LogP contribution >= 0.6 is 15.6 Å². The number of carbonyl (C=O) groups excluding carboxylic acids is 4. The summed E-state index contributed by atoms with van der Waals surface area (Å²) in [4.78, 5) is 72.9. The molecular weight excluding hydrogens is 1310 g/mol. The molecule has 2 unspecified atom stereocenters. The van der Waals surface area contributed by atoms with Gasteiger partial charge in [0.05, 0.1) is 26.4 Å². The van der Waals surface area contributed by atoms with Crippen molar-refractivity contribution in [1.82, 2.24) is 0 Å². The van der Waals surface area contributed by atoms with Crippen LogP contribution in [0.1, 0.15) is 336 Å². The van der Waals surface area contributed by atoms with Gasteiger partial charge in [-0.05, 0) is 141 Å². The van der Waals surface area contributed by atoms with Crippen molar-refractivity contribution in [2.75, 3.05) is 39.6 Å². The maximum absolute atomic E-state index is 13.1. The molecule has 0 aromatic heterocycles. The van der Waals surface area contributed by atoms with E-state index in [4.69, 9.17) is 37.0 Å². The van der Waals surface area contributed by atoms with E-state index in [0.29, 0.717) is 32.1 Å². The number of unbranched alkanes of at least 4 members (excludes halogenated alkanes) is 33. The molecule has 0 aromatic rings. The lowest BCUT2D eigenvalue weighted by Crippen LogP contribution is -2.30. The number of phosphoric acid groups is 2. The minimum Gasteiger partial charge on any atom is -0.462 e. The third-order valence-electron chi connectivity index (χ3n) is 16.5. The van der Waals surface area contributed by atoms with Gasteiger partial charge in [-0.3, -0.25) is 37.3 Å². The van der Waals surface area contributed by atoms with Gasteiger partial charge < -0.3 is 33.8 Å². The predicted molar refractivity (Wildman–Crippen MR) is 409 cm³/mol. The second-order valence-corrected chi connectivity index (χ2v) is 29.2. The van der Waals surface area contributed by atoms with Gasteiger partial charge in [0, 0.05) is 25.7 Å². The summed E-state index contributed by atoms with van der Waals surface area (Å²) in [6.07, 6.45) is 76.8. The van der Waals surface area contributed by atoms with Crippen molar-refractivity contribution in [2.24, 2.45) is 0 Å². The molecule has 3 N–H and O–H groups in total. The van der Waals surface area contributed by atoms with Crippen LogP contribution in [0.3, 0.4) is 0 Å². The van der Waals surface area contributed by atoms with Gasteiger partial charge in [-0.2, -0.15) is 0 Å². The lowest BCUT2D eigenvalue weighted by molar-refractivity contribution is -0.161. The predicted octanol–water partition coefficient (Wildman–Crippen LogP) is 22.8. The summed E-state index contributed by atoms with van der Waals surface area (Å²) in [7, 11) is -9.97. The number of hydrogen-bond acceptors (Lipinski definition) is 15. The third-order valence-corrected chi connectivity index (χ3v) is 18.4. The van der Waals surface area contributed by atoms with E-state index >= 15 is 0 Å². The van der Waals surface area contributed by atoms with Crippen LogP contribution in [0.5, 0.6) is 0 Å². The number of rotatable bonds is 74. The highest BCUT2D eigenvalue weighted by Crippen LogP contribution is 2.45. The van der Waals surface area contributed by atoms with Gasteiger partial charge in [0.1, 0.15) is 19.3 Å². The van der Waals surface area contributed by atoms with Gasteiger partial charge in [-0.25, -0.2) is 9.13 Å². The number of aliphatic hydroxyl groups is 1. The molecular formula is C81H142O17P2. The minimum atomic E-state index is -4.99. The summed E-state index contributed by atoms with van der Waals surface area (Å²) in [6.45, 7) is 4.74. The molecule has 5 atom stereocenters. The number of hydrogen-bond donors (Lipinski definition) is 3. The molecule has 0 aromatic carbocycles. The minimum absolute atomic E-state index is 0.0734. The van der Waals surface area contributed by atoms with Crippen LogP contribution in [0.15, 0.2) is 97.2 Å². The quantitative estimate of drug-likeness (QED) is 0.0128. The summed E-state index contributed by atoms with van der Waals surface area (Å²) in [5.74, 6) is -2.26. The molecule has 0 saturated carbocycles. The van der Waals surface area contributed by atoms with E-state index in [2.05, 4.69) is 113 Å². The number of allylic oxidation sites excluding steroid dienone is 16. The Hall–Kier alpha value is -4.02. The Kier molecular flexibility index (Phi) is 70.4. The first kappa shape index (κ1) is 96.0. The maximum Gasteiger partial charge on any atom is 0.472 e. The van der Waals surface area contributed by atoms with E-state index in [1.54, 1.807) is 0 Å². The summed E-state index contributed by atoms with van der Waals surface area (Å²) in [6, 6.07) is 0. The molecule has 0 amide bonds. The molecule has 17 nitrogen and oxygen atoms in total. The van der Waals surface area contributed by atoms with Crippen LogP contribution in [0.25, 0.3) is 0 Å². The molecule has 0 fully saturated rings. The first-order valence-corrected chi connectivity index (χ1v) is 42.5. The Morgan fingerprint density at radius 1 is 0.290 bits per heavy atom. The van der Waals surface area contributed by atoms with Crippen molar-refractivity contribution in [3.05, 3.63) is 97.2 Å². The summed E-state index contributed by atoms with van der Waals surface area (Å²) >= 11 is 0. The standard InChI is InChI=1S/C81H142O17P2/c1-5-9-13-17-21-25-29-33-36-37-40-42-46-50-54-58-62-66-79(84)92-72-77(98-81(86)68-64-60-56-52-48-44-39-35-31-27-23-19-15-11-7-3)74-96-100(89,90)94-70-75(82)69-93-99(87,88)95-73-76(71-91-78(83)65-61-57-53-49-45-41-32-28-24-20-16-12-8-4)97-80(85)67-63-59-55-51-47-43-38-34-30-26-22-18-14-10-6-2/h21,25-26,28,30,32-36,38-40,42,50,54,75-77,82H,5-20,22-24,27,29,31,37,41,43-49,51-53,55-74H2,1-4H3,(H,87,88)(H,89,90)/b25-21-,30-26-,32-28-,36-33-,38-34-,39-35-,42-40-,54-50-/t75-,76-,77-/m1/s1. The molecule has 0 spiro atoms. The summed E-state index contributed by atoms with van der Waals surface area (Å²) in [5.41, 5.74) is 0. The zero-order valence-corrected chi connectivity index (χ0v) is 64.9.